The van der Waals surface area contributed by atoms with Crippen molar-refractivity contribution >= 4 is 35.0 Å². The van der Waals surface area contributed by atoms with Crippen LogP contribution in [0.25, 0.3) is 5.78 Å². The monoisotopic (exact) mass is 452 g/mol. The van der Waals surface area contributed by atoms with Gasteiger partial charge in [0.05, 0.1) is 12.2 Å². The molecule has 164 valence electrons. The van der Waals surface area contributed by atoms with Crippen molar-refractivity contribution in [2.75, 3.05) is 18.1 Å². The average Bonchev–Trinajstić information content (AvgIpc) is 3.16. The first kappa shape index (κ1) is 22.5. The van der Waals surface area contributed by atoms with Gasteiger partial charge in [0, 0.05) is 17.8 Å². The molecule has 3 aromatic rings. The quantitative estimate of drug-likeness (QED) is 0.422. The fourth-order valence-corrected chi connectivity index (χ4v) is 3.30. The number of hydrogen-bond donors (Lipinski definition) is 2. The van der Waals surface area contributed by atoms with E-state index >= 15 is 0 Å². The van der Waals surface area contributed by atoms with Crippen molar-refractivity contribution in [3.05, 3.63) is 46.5 Å². The molecule has 0 saturated heterocycles. The van der Waals surface area contributed by atoms with Crippen molar-refractivity contribution in [1.82, 2.24) is 24.9 Å². The maximum absolute atomic E-state index is 13.6. The largest absolute Gasteiger partial charge is 0.347 e. The third kappa shape index (κ3) is 4.95. The van der Waals surface area contributed by atoms with E-state index < -0.39 is 41.5 Å². The second-order valence-electron chi connectivity index (χ2n) is 6.62. The molecule has 0 unspecified atom stereocenters. The van der Waals surface area contributed by atoms with Crippen LogP contribution in [0, 0.1) is 31.3 Å². The van der Waals surface area contributed by atoms with E-state index in [2.05, 4.69) is 25.7 Å². The number of anilines is 1. The van der Waals surface area contributed by atoms with Crippen molar-refractivity contribution in [2.24, 2.45) is 0 Å². The first-order chi connectivity index (χ1) is 14.7. The standard InChI is InChI=1S/C19H19F3N6O2S/c1-9-11(10(2)28-18(24-9)26-19(27-28)31-3)4-7-14(29)23-8-15(30)25-13-6-5-12(20)16(21)17(13)22/h5-6H,4,7-8H2,1-3H3,(H,23,29)(H,25,30). The van der Waals surface area contributed by atoms with E-state index in [9.17, 15) is 22.8 Å². The molecule has 0 aliphatic heterocycles. The lowest BCUT2D eigenvalue weighted by atomic mass is 10.1. The smallest absolute Gasteiger partial charge is 0.253 e. The van der Waals surface area contributed by atoms with Gasteiger partial charge in [-0.25, -0.2) is 22.7 Å². The van der Waals surface area contributed by atoms with Gasteiger partial charge in [-0.3, -0.25) is 9.59 Å². The van der Waals surface area contributed by atoms with Crippen LogP contribution in [0.15, 0.2) is 17.3 Å². The number of thioether (sulfide) groups is 1. The van der Waals surface area contributed by atoms with Gasteiger partial charge in [0.25, 0.3) is 5.78 Å². The Balaban J connectivity index is 1.57. The number of carbonyl (C=O) groups is 2. The molecule has 0 aliphatic rings. The number of rotatable bonds is 7. The van der Waals surface area contributed by atoms with Crippen LogP contribution in [0.1, 0.15) is 23.4 Å². The van der Waals surface area contributed by atoms with Gasteiger partial charge in [-0.1, -0.05) is 11.8 Å². The summed E-state index contributed by atoms with van der Waals surface area (Å²) in [5, 5.41) is 9.44. The van der Waals surface area contributed by atoms with E-state index in [1.807, 2.05) is 20.1 Å². The molecule has 0 spiro atoms. The molecule has 31 heavy (non-hydrogen) atoms. The van der Waals surface area contributed by atoms with Crippen LogP contribution in [0.3, 0.4) is 0 Å². The normalized spacial score (nSPS) is 11.0. The summed E-state index contributed by atoms with van der Waals surface area (Å²) in [6.45, 7) is 3.22. The minimum absolute atomic E-state index is 0.0752. The summed E-state index contributed by atoms with van der Waals surface area (Å²) >= 11 is 1.40. The Morgan fingerprint density at radius 1 is 1.10 bits per heavy atom. The highest BCUT2D eigenvalue weighted by Crippen LogP contribution is 2.20. The fraction of sp³-hybridized carbons (Fsp3) is 0.316. The van der Waals surface area contributed by atoms with E-state index in [1.54, 1.807) is 4.52 Å². The van der Waals surface area contributed by atoms with Crippen molar-refractivity contribution in [2.45, 2.75) is 31.8 Å². The number of aryl methyl sites for hydroxylation is 2. The number of nitrogens with zero attached hydrogens (tertiary/aromatic N) is 4. The number of benzene rings is 1. The lowest BCUT2D eigenvalue weighted by Crippen LogP contribution is -2.33. The molecule has 2 N–H and O–H groups in total. The number of carbonyl (C=O) groups excluding carboxylic acids is 2. The summed E-state index contributed by atoms with van der Waals surface area (Å²) in [4.78, 5) is 32.7. The van der Waals surface area contributed by atoms with Crippen molar-refractivity contribution < 1.29 is 22.8 Å². The second-order valence-corrected chi connectivity index (χ2v) is 7.39. The van der Waals surface area contributed by atoms with Crippen LogP contribution in [0.4, 0.5) is 18.9 Å². The predicted octanol–water partition coefficient (Wildman–Crippen LogP) is 2.57. The van der Waals surface area contributed by atoms with E-state index in [4.69, 9.17) is 0 Å². The Bertz CT molecular complexity index is 1170. The van der Waals surface area contributed by atoms with Gasteiger partial charge in [-0.15, -0.1) is 5.10 Å². The number of aromatic nitrogens is 4. The van der Waals surface area contributed by atoms with Gasteiger partial charge < -0.3 is 10.6 Å². The van der Waals surface area contributed by atoms with E-state index in [0.717, 1.165) is 23.0 Å². The topological polar surface area (TPSA) is 101 Å². The summed E-state index contributed by atoms with van der Waals surface area (Å²) in [6, 6.07) is 1.59. The molecule has 8 nitrogen and oxygen atoms in total. The van der Waals surface area contributed by atoms with Gasteiger partial charge in [0.1, 0.15) is 0 Å². The first-order valence-electron chi connectivity index (χ1n) is 9.18. The molecular weight excluding hydrogens is 433 g/mol. The van der Waals surface area contributed by atoms with Gasteiger partial charge in [-0.05, 0) is 44.2 Å². The number of amides is 2. The van der Waals surface area contributed by atoms with Gasteiger partial charge >= 0.3 is 0 Å². The number of fused-ring (bicyclic) bond motifs is 1. The molecule has 2 aromatic heterocycles. The SMILES string of the molecule is CSc1nc2nc(C)c(CCC(=O)NCC(=O)Nc3ccc(F)c(F)c3F)c(C)n2n1. The summed E-state index contributed by atoms with van der Waals surface area (Å²) in [6.07, 6.45) is 2.30. The molecule has 2 amide bonds. The van der Waals surface area contributed by atoms with E-state index in [1.165, 1.54) is 11.8 Å². The van der Waals surface area contributed by atoms with Crippen molar-refractivity contribution in [1.29, 1.82) is 0 Å². The minimum atomic E-state index is -1.69. The molecule has 0 radical (unpaired) electrons. The fourth-order valence-electron chi connectivity index (χ4n) is 2.96. The van der Waals surface area contributed by atoms with Crippen LogP contribution in [0.2, 0.25) is 0 Å². The lowest BCUT2D eigenvalue weighted by molar-refractivity contribution is -0.124. The third-order valence-electron chi connectivity index (χ3n) is 4.57. The zero-order chi connectivity index (χ0) is 22.7. The molecular formula is C19H19F3N6O2S. The number of hydrogen-bond acceptors (Lipinski definition) is 6. The van der Waals surface area contributed by atoms with Crippen LogP contribution in [0.5, 0.6) is 0 Å². The number of nitrogens with one attached hydrogen (secondary N) is 2. The van der Waals surface area contributed by atoms with Gasteiger partial charge in [0.2, 0.25) is 17.0 Å². The van der Waals surface area contributed by atoms with Crippen LogP contribution < -0.4 is 10.6 Å². The zero-order valence-electron chi connectivity index (χ0n) is 16.9. The van der Waals surface area contributed by atoms with E-state index in [0.29, 0.717) is 23.4 Å². The lowest BCUT2D eigenvalue weighted by Gasteiger charge is -2.11. The molecule has 0 bridgehead atoms. The highest BCUT2D eigenvalue weighted by Gasteiger charge is 2.17. The highest BCUT2D eigenvalue weighted by atomic mass is 32.2. The summed E-state index contributed by atoms with van der Waals surface area (Å²) in [5.74, 6) is -5.27. The van der Waals surface area contributed by atoms with Gasteiger partial charge in [-0.2, -0.15) is 4.98 Å². The Kier molecular flexibility index (Phi) is 6.78. The average molecular weight is 452 g/mol. The molecule has 0 fully saturated rings. The summed E-state index contributed by atoms with van der Waals surface area (Å²) < 4.78 is 41.4. The maximum Gasteiger partial charge on any atom is 0.253 e. The Morgan fingerprint density at radius 2 is 1.84 bits per heavy atom. The highest BCUT2D eigenvalue weighted by molar-refractivity contribution is 7.98. The third-order valence-corrected chi connectivity index (χ3v) is 5.11. The molecule has 2 heterocycles. The predicted molar refractivity (Wildman–Crippen MR) is 108 cm³/mol. The van der Waals surface area contributed by atoms with Crippen molar-refractivity contribution in [3.63, 3.8) is 0 Å². The Labute approximate surface area is 179 Å². The first-order valence-corrected chi connectivity index (χ1v) is 10.4. The summed E-state index contributed by atoms with van der Waals surface area (Å²) in [7, 11) is 0. The van der Waals surface area contributed by atoms with E-state index in [-0.39, 0.29) is 6.42 Å². The van der Waals surface area contributed by atoms with Crippen molar-refractivity contribution in [3.8, 4) is 0 Å². The molecule has 1 aromatic carbocycles. The number of halogens is 3. The molecule has 0 atom stereocenters. The maximum atomic E-state index is 13.6. The van der Waals surface area contributed by atoms with Crippen LogP contribution >= 0.6 is 11.8 Å². The molecule has 0 saturated carbocycles. The zero-order valence-corrected chi connectivity index (χ0v) is 17.7. The Morgan fingerprint density at radius 3 is 2.55 bits per heavy atom. The van der Waals surface area contributed by atoms with Crippen LogP contribution in [-0.2, 0) is 16.0 Å². The molecule has 12 heteroatoms. The van der Waals surface area contributed by atoms with Crippen LogP contribution in [-0.4, -0.2) is 44.2 Å². The second kappa shape index (κ2) is 9.33. The molecule has 3 rings (SSSR count). The summed E-state index contributed by atoms with van der Waals surface area (Å²) in [5.41, 5.74) is 1.87. The minimum Gasteiger partial charge on any atom is -0.347 e. The Hall–Kier alpha value is -3.15. The van der Waals surface area contributed by atoms with Gasteiger partial charge in [0.15, 0.2) is 17.5 Å². The molecule has 0 aliphatic carbocycles.